The zero-order valence-electron chi connectivity index (χ0n) is 13.2. The van der Waals surface area contributed by atoms with Crippen molar-refractivity contribution in [1.29, 1.82) is 0 Å². The summed E-state index contributed by atoms with van der Waals surface area (Å²) in [5.74, 6) is -0.264. The first-order valence-corrected chi connectivity index (χ1v) is 7.65. The molecule has 5 nitrogen and oxygen atoms in total. The Labute approximate surface area is 126 Å². The van der Waals surface area contributed by atoms with E-state index in [9.17, 15) is 9.59 Å². The summed E-state index contributed by atoms with van der Waals surface area (Å²) < 4.78 is 5.25. The molecule has 0 aromatic carbocycles. The molecule has 120 valence electrons. The van der Waals surface area contributed by atoms with Crippen molar-refractivity contribution in [3.05, 3.63) is 12.2 Å². The van der Waals surface area contributed by atoms with Gasteiger partial charge in [-0.1, -0.05) is 6.08 Å². The molecule has 0 bridgehead atoms. The second-order valence-corrected chi connectivity index (χ2v) is 6.68. The lowest BCUT2D eigenvalue weighted by atomic mass is 9.83. The summed E-state index contributed by atoms with van der Waals surface area (Å²) in [6, 6.07) is 0.200. The van der Waals surface area contributed by atoms with E-state index in [0.29, 0.717) is 5.92 Å². The number of hydrogen-bond donors (Lipinski definition) is 2. The van der Waals surface area contributed by atoms with Crippen LogP contribution in [0.25, 0.3) is 0 Å². The van der Waals surface area contributed by atoms with Gasteiger partial charge in [-0.15, -0.1) is 0 Å². The first kappa shape index (κ1) is 17.5. The maximum Gasteiger partial charge on any atom is 0.407 e. The van der Waals surface area contributed by atoms with Crippen LogP contribution in [0, 0.1) is 5.92 Å². The number of allylic oxidation sites excluding steroid dienone is 1. The number of rotatable bonds is 5. The zero-order valence-corrected chi connectivity index (χ0v) is 13.2. The van der Waals surface area contributed by atoms with Gasteiger partial charge < -0.3 is 15.2 Å². The Balaban J connectivity index is 2.20. The SMILES string of the molecule is CC(C)(C)OC(=O)N[C@H]1CC[C@H](CC/C=C/C(=O)O)CC1. The lowest BCUT2D eigenvalue weighted by Gasteiger charge is -2.30. The second-order valence-electron chi connectivity index (χ2n) is 6.68. The molecule has 1 saturated carbocycles. The van der Waals surface area contributed by atoms with Crippen LogP contribution in [0.1, 0.15) is 59.3 Å². The molecule has 0 spiro atoms. The standard InChI is InChI=1S/C16H27NO4/c1-16(2,3)21-15(20)17-13-10-8-12(9-11-13)6-4-5-7-14(18)19/h5,7,12-13H,4,6,8-11H2,1-3H3,(H,17,20)(H,18,19)/b7-5+/t12-,13-. The largest absolute Gasteiger partial charge is 0.478 e. The fourth-order valence-electron chi connectivity index (χ4n) is 2.59. The van der Waals surface area contributed by atoms with Gasteiger partial charge in [0.15, 0.2) is 0 Å². The van der Waals surface area contributed by atoms with E-state index in [-0.39, 0.29) is 12.1 Å². The van der Waals surface area contributed by atoms with Crippen LogP contribution in [0.15, 0.2) is 12.2 Å². The maximum atomic E-state index is 11.7. The number of carboxylic acids is 1. The second kappa shape index (κ2) is 8.05. The average Bonchev–Trinajstić information content (AvgIpc) is 2.34. The Hall–Kier alpha value is -1.52. The molecule has 0 aliphatic heterocycles. The first-order valence-electron chi connectivity index (χ1n) is 7.65. The quantitative estimate of drug-likeness (QED) is 0.762. The summed E-state index contributed by atoms with van der Waals surface area (Å²) in [5.41, 5.74) is -0.461. The first-order chi connectivity index (χ1) is 9.76. The van der Waals surface area contributed by atoms with Gasteiger partial charge in [-0.25, -0.2) is 9.59 Å². The molecule has 0 atom stereocenters. The number of carboxylic acid groups (broad SMARTS) is 1. The van der Waals surface area contributed by atoms with Crippen molar-refractivity contribution in [3.63, 3.8) is 0 Å². The van der Waals surface area contributed by atoms with E-state index in [1.165, 1.54) is 6.08 Å². The predicted octanol–water partition coefficient (Wildman–Crippen LogP) is 3.49. The predicted molar refractivity (Wildman–Crippen MR) is 81.1 cm³/mol. The highest BCUT2D eigenvalue weighted by Crippen LogP contribution is 2.28. The van der Waals surface area contributed by atoms with Crippen LogP contribution in [0.4, 0.5) is 4.79 Å². The molecule has 2 N–H and O–H groups in total. The monoisotopic (exact) mass is 297 g/mol. The van der Waals surface area contributed by atoms with E-state index in [1.54, 1.807) is 6.08 Å². The lowest BCUT2D eigenvalue weighted by molar-refractivity contribution is -0.131. The van der Waals surface area contributed by atoms with E-state index in [0.717, 1.165) is 38.5 Å². The highest BCUT2D eigenvalue weighted by Gasteiger charge is 2.24. The molecule has 5 heteroatoms. The zero-order chi connectivity index (χ0) is 15.9. The Kier molecular flexibility index (Phi) is 6.72. The molecule has 1 aliphatic rings. The Morgan fingerprint density at radius 2 is 1.86 bits per heavy atom. The number of amides is 1. The number of aliphatic carboxylic acids is 1. The summed E-state index contributed by atoms with van der Waals surface area (Å²) in [6.45, 7) is 5.57. The molecule has 0 heterocycles. The van der Waals surface area contributed by atoms with E-state index in [1.807, 2.05) is 20.8 Å². The molecule has 0 radical (unpaired) electrons. The van der Waals surface area contributed by atoms with Gasteiger partial charge in [-0.3, -0.25) is 0 Å². The summed E-state index contributed by atoms with van der Waals surface area (Å²) >= 11 is 0. The molecule has 0 unspecified atom stereocenters. The fraction of sp³-hybridized carbons (Fsp3) is 0.750. The van der Waals surface area contributed by atoms with Gasteiger partial charge in [0.05, 0.1) is 0 Å². The Bertz CT molecular complexity index is 376. The van der Waals surface area contributed by atoms with Gasteiger partial charge in [0.1, 0.15) is 5.60 Å². The van der Waals surface area contributed by atoms with E-state index in [4.69, 9.17) is 9.84 Å². The van der Waals surface area contributed by atoms with Crippen molar-refractivity contribution in [2.75, 3.05) is 0 Å². The van der Waals surface area contributed by atoms with Gasteiger partial charge in [0.2, 0.25) is 0 Å². The van der Waals surface area contributed by atoms with Gasteiger partial charge in [-0.2, -0.15) is 0 Å². The molecular weight excluding hydrogens is 270 g/mol. The van der Waals surface area contributed by atoms with Crippen LogP contribution in [0.3, 0.4) is 0 Å². The normalized spacial score (nSPS) is 23.0. The molecule has 1 fully saturated rings. The topological polar surface area (TPSA) is 75.6 Å². The molecular formula is C16H27NO4. The van der Waals surface area contributed by atoms with Crippen molar-refractivity contribution in [1.82, 2.24) is 5.32 Å². The van der Waals surface area contributed by atoms with Crippen LogP contribution in [-0.4, -0.2) is 28.8 Å². The third-order valence-electron chi connectivity index (χ3n) is 3.57. The number of nitrogens with one attached hydrogen (secondary N) is 1. The Morgan fingerprint density at radius 1 is 1.24 bits per heavy atom. The van der Waals surface area contributed by atoms with Gasteiger partial charge in [-0.05, 0) is 65.2 Å². The van der Waals surface area contributed by atoms with Crippen molar-refractivity contribution >= 4 is 12.1 Å². The Morgan fingerprint density at radius 3 is 2.38 bits per heavy atom. The third-order valence-corrected chi connectivity index (χ3v) is 3.57. The molecule has 0 saturated heterocycles. The lowest BCUT2D eigenvalue weighted by Crippen LogP contribution is -2.40. The van der Waals surface area contributed by atoms with E-state index < -0.39 is 11.6 Å². The highest BCUT2D eigenvalue weighted by molar-refractivity contribution is 5.79. The van der Waals surface area contributed by atoms with Crippen LogP contribution >= 0.6 is 0 Å². The van der Waals surface area contributed by atoms with Crippen molar-refractivity contribution < 1.29 is 19.4 Å². The molecule has 21 heavy (non-hydrogen) atoms. The minimum Gasteiger partial charge on any atom is -0.478 e. The van der Waals surface area contributed by atoms with Crippen molar-refractivity contribution in [2.24, 2.45) is 5.92 Å². The third kappa shape index (κ3) is 8.38. The van der Waals surface area contributed by atoms with E-state index >= 15 is 0 Å². The van der Waals surface area contributed by atoms with Crippen molar-refractivity contribution in [3.8, 4) is 0 Å². The summed E-state index contributed by atoms with van der Waals surface area (Å²) in [6.07, 6.45) is 8.48. The molecule has 1 rings (SSSR count). The van der Waals surface area contributed by atoms with Crippen LogP contribution in [0.2, 0.25) is 0 Å². The smallest absolute Gasteiger partial charge is 0.407 e. The number of ether oxygens (including phenoxy) is 1. The van der Waals surface area contributed by atoms with Gasteiger partial charge in [0.25, 0.3) is 0 Å². The number of carbonyl (C=O) groups excluding carboxylic acids is 1. The summed E-state index contributed by atoms with van der Waals surface area (Å²) in [4.78, 5) is 22.0. The molecule has 1 aliphatic carbocycles. The highest BCUT2D eigenvalue weighted by atomic mass is 16.6. The summed E-state index contributed by atoms with van der Waals surface area (Å²) in [5, 5.41) is 11.4. The fourth-order valence-corrected chi connectivity index (χ4v) is 2.59. The number of alkyl carbamates (subject to hydrolysis) is 1. The minimum absolute atomic E-state index is 0.200. The minimum atomic E-state index is -0.889. The van der Waals surface area contributed by atoms with Crippen LogP contribution in [0.5, 0.6) is 0 Å². The van der Waals surface area contributed by atoms with Crippen LogP contribution < -0.4 is 5.32 Å². The molecule has 1 amide bonds. The van der Waals surface area contributed by atoms with Crippen LogP contribution in [-0.2, 0) is 9.53 Å². The summed E-state index contributed by atoms with van der Waals surface area (Å²) in [7, 11) is 0. The molecule has 0 aromatic rings. The van der Waals surface area contributed by atoms with E-state index in [2.05, 4.69) is 5.32 Å². The molecule has 0 aromatic heterocycles. The average molecular weight is 297 g/mol. The number of hydrogen-bond acceptors (Lipinski definition) is 3. The van der Waals surface area contributed by atoms with Gasteiger partial charge in [0, 0.05) is 12.1 Å². The van der Waals surface area contributed by atoms with Crippen molar-refractivity contribution in [2.45, 2.75) is 70.9 Å². The maximum absolute atomic E-state index is 11.7. The number of carbonyl (C=O) groups is 2. The van der Waals surface area contributed by atoms with Gasteiger partial charge >= 0.3 is 12.1 Å².